The number of hydrogen-bond acceptors (Lipinski definition) is 3. The SMILES string of the molecule is C=C/C=C(\C=C/C)c1n[nH]c(C)n1.CCCC(CC(=O)CC)c1ccc(Cl)c(C)c1. The summed E-state index contributed by atoms with van der Waals surface area (Å²) < 4.78 is 0. The van der Waals surface area contributed by atoms with Gasteiger partial charge in [0, 0.05) is 23.4 Å². The van der Waals surface area contributed by atoms with E-state index in [2.05, 4.69) is 40.8 Å². The van der Waals surface area contributed by atoms with Gasteiger partial charge in [-0.1, -0.05) is 74.9 Å². The lowest BCUT2D eigenvalue weighted by molar-refractivity contribution is -0.119. The average Bonchev–Trinajstić information content (AvgIpc) is 3.16. The molecule has 1 aromatic heterocycles. The van der Waals surface area contributed by atoms with E-state index in [-0.39, 0.29) is 0 Å². The average molecular weight is 428 g/mol. The van der Waals surface area contributed by atoms with Gasteiger partial charge in [0.2, 0.25) is 0 Å². The summed E-state index contributed by atoms with van der Waals surface area (Å²) in [4.78, 5) is 15.8. The highest BCUT2D eigenvalue weighted by Gasteiger charge is 2.15. The molecule has 5 heteroatoms. The number of benzene rings is 1. The molecule has 0 aliphatic rings. The molecule has 0 amide bonds. The molecule has 0 aliphatic carbocycles. The monoisotopic (exact) mass is 427 g/mol. The minimum atomic E-state index is 0.344. The number of nitrogens with zero attached hydrogens (tertiary/aromatic N) is 2. The Kier molecular flexibility index (Phi) is 11.7. The molecule has 162 valence electrons. The minimum Gasteiger partial charge on any atom is -0.300 e. The summed E-state index contributed by atoms with van der Waals surface area (Å²) in [6.07, 6.45) is 10.9. The van der Waals surface area contributed by atoms with Crippen molar-refractivity contribution >= 4 is 23.0 Å². The second-order valence-corrected chi connectivity index (χ2v) is 7.60. The first-order valence-corrected chi connectivity index (χ1v) is 10.9. The lowest BCUT2D eigenvalue weighted by Gasteiger charge is -2.16. The van der Waals surface area contributed by atoms with Crippen LogP contribution in [0.1, 0.15) is 75.1 Å². The number of halogens is 1. The molecular formula is C25H34ClN3O. The Labute approximate surface area is 186 Å². The lowest BCUT2D eigenvalue weighted by Crippen LogP contribution is -2.06. The van der Waals surface area contributed by atoms with Crippen molar-refractivity contribution in [3.8, 4) is 0 Å². The van der Waals surface area contributed by atoms with Gasteiger partial charge in [-0.25, -0.2) is 4.98 Å². The molecule has 0 aliphatic heterocycles. The zero-order valence-electron chi connectivity index (χ0n) is 18.8. The van der Waals surface area contributed by atoms with Gasteiger partial charge in [0.15, 0.2) is 5.82 Å². The van der Waals surface area contributed by atoms with Crippen molar-refractivity contribution in [1.29, 1.82) is 0 Å². The topological polar surface area (TPSA) is 58.6 Å². The van der Waals surface area contributed by atoms with Gasteiger partial charge in [-0.05, 0) is 50.3 Å². The molecule has 0 spiro atoms. The Balaban J connectivity index is 0.000000311. The van der Waals surface area contributed by atoms with Crippen LogP contribution in [0.4, 0.5) is 0 Å². The van der Waals surface area contributed by atoms with Crippen molar-refractivity contribution in [2.75, 3.05) is 0 Å². The number of aromatic amines is 1. The van der Waals surface area contributed by atoms with Crippen molar-refractivity contribution in [2.24, 2.45) is 0 Å². The number of aromatic nitrogens is 3. The van der Waals surface area contributed by atoms with Crippen molar-refractivity contribution in [3.63, 3.8) is 0 Å². The predicted molar refractivity (Wildman–Crippen MR) is 128 cm³/mol. The summed E-state index contributed by atoms with van der Waals surface area (Å²) in [5.41, 5.74) is 3.30. The smallest absolute Gasteiger partial charge is 0.181 e. The van der Waals surface area contributed by atoms with Gasteiger partial charge in [-0.15, -0.1) is 0 Å². The number of hydrogen-bond donors (Lipinski definition) is 1. The van der Waals surface area contributed by atoms with Crippen LogP contribution in [0.5, 0.6) is 0 Å². The van der Waals surface area contributed by atoms with Crippen LogP contribution in [0.15, 0.2) is 49.1 Å². The Morgan fingerprint density at radius 2 is 2.03 bits per heavy atom. The number of ketones is 1. The maximum Gasteiger partial charge on any atom is 0.181 e. The fraction of sp³-hybridized carbons (Fsp3) is 0.400. The zero-order chi connectivity index (χ0) is 22.5. The van der Waals surface area contributed by atoms with Crippen LogP contribution < -0.4 is 0 Å². The summed E-state index contributed by atoms with van der Waals surface area (Å²) in [5, 5.41) is 7.64. The van der Waals surface area contributed by atoms with Crippen LogP contribution in [0, 0.1) is 13.8 Å². The molecule has 0 saturated heterocycles. The van der Waals surface area contributed by atoms with E-state index >= 15 is 0 Å². The summed E-state index contributed by atoms with van der Waals surface area (Å²) in [7, 11) is 0. The normalized spacial score (nSPS) is 12.4. The number of Topliss-reactive ketones (excluding diaryl/α,β-unsaturated/α-hetero) is 1. The number of allylic oxidation sites excluding steroid dienone is 5. The third kappa shape index (κ3) is 8.50. The number of aryl methyl sites for hydroxylation is 2. The maximum absolute atomic E-state index is 11.6. The highest BCUT2D eigenvalue weighted by molar-refractivity contribution is 6.31. The van der Waals surface area contributed by atoms with Crippen LogP contribution in [-0.2, 0) is 4.79 Å². The van der Waals surface area contributed by atoms with E-state index in [4.69, 9.17) is 11.6 Å². The molecule has 1 heterocycles. The standard InChI is InChI=1S/C15H21ClO.C10H13N3/c1-4-6-12(10-14(17)5-2)13-7-8-15(16)11(3)9-13;1-4-6-9(7-5-2)10-11-8(3)12-13-10/h7-9,12H,4-6,10H2,1-3H3;4-7H,1H2,2-3H3,(H,11,12,13)/b;7-5-,9-6+. The molecule has 0 saturated carbocycles. The Morgan fingerprint density at radius 1 is 1.30 bits per heavy atom. The number of carbonyl (C=O) groups is 1. The van der Waals surface area contributed by atoms with Gasteiger partial charge in [0.1, 0.15) is 11.6 Å². The quantitative estimate of drug-likeness (QED) is 0.432. The van der Waals surface area contributed by atoms with E-state index in [9.17, 15) is 4.79 Å². The first kappa shape index (κ1) is 25.6. The molecule has 4 nitrogen and oxygen atoms in total. The molecule has 1 aromatic carbocycles. The van der Waals surface area contributed by atoms with Crippen molar-refractivity contribution < 1.29 is 4.79 Å². The second-order valence-electron chi connectivity index (χ2n) is 7.19. The fourth-order valence-electron chi connectivity index (χ4n) is 3.06. The number of carbonyl (C=O) groups excluding carboxylic acids is 1. The third-order valence-corrected chi connectivity index (χ3v) is 5.08. The molecule has 0 radical (unpaired) electrons. The molecule has 30 heavy (non-hydrogen) atoms. The minimum absolute atomic E-state index is 0.344. The predicted octanol–water partition coefficient (Wildman–Crippen LogP) is 7.16. The van der Waals surface area contributed by atoms with Crippen molar-refractivity contribution in [3.05, 3.63) is 76.9 Å². The molecule has 1 N–H and O–H groups in total. The van der Waals surface area contributed by atoms with Gasteiger partial charge in [-0.3, -0.25) is 9.89 Å². The second kappa shape index (κ2) is 13.7. The first-order chi connectivity index (χ1) is 14.4. The Hall–Kier alpha value is -2.46. The molecule has 2 aromatic rings. The highest BCUT2D eigenvalue weighted by atomic mass is 35.5. The van der Waals surface area contributed by atoms with E-state index < -0.39 is 0 Å². The van der Waals surface area contributed by atoms with Crippen molar-refractivity contribution in [2.45, 2.75) is 66.2 Å². The zero-order valence-corrected chi connectivity index (χ0v) is 19.6. The van der Waals surface area contributed by atoms with Gasteiger partial charge in [0.25, 0.3) is 0 Å². The van der Waals surface area contributed by atoms with Gasteiger partial charge >= 0.3 is 0 Å². The van der Waals surface area contributed by atoms with Gasteiger partial charge in [0.05, 0.1) is 0 Å². The van der Waals surface area contributed by atoms with Crippen molar-refractivity contribution in [1.82, 2.24) is 15.2 Å². The molecular weight excluding hydrogens is 394 g/mol. The molecule has 0 bridgehead atoms. The lowest BCUT2D eigenvalue weighted by atomic mass is 9.88. The highest BCUT2D eigenvalue weighted by Crippen LogP contribution is 2.28. The molecule has 1 atom stereocenters. The van der Waals surface area contributed by atoms with Crippen LogP contribution in [-0.4, -0.2) is 21.0 Å². The van der Waals surface area contributed by atoms with E-state index in [1.54, 1.807) is 6.08 Å². The Bertz CT molecular complexity index is 880. The summed E-state index contributed by atoms with van der Waals surface area (Å²) >= 11 is 6.03. The number of H-pyrrole nitrogens is 1. The van der Waals surface area contributed by atoms with Crippen LogP contribution in [0.25, 0.3) is 5.57 Å². The van der Waals surface area contributed by atoms with E-state index in [0.717, 1.165) is 34.8 Å². The van der Waals surface area contributed by atoms with Crippen LogP contribution in [0.2, 0.25) is 5.02 Å². The summed E-state index contributed by atoms with van der Waals surface area (Å²) in [6.45, 7) is 13.6. The fourth-order valence-corrected chi connectivity index (χ4v) is 3.18. The maximum atomic E-state index is 11.6. The van der Waals surface area contributed by atoms with Crippen LogP contribution >= 0.6 is 11.6 Å². The van der Waals surface area contributed by atoms with E-state index in [1.807, 2.05) is 52.0 Å². The molecule has 1 unspecified atom stereocenters. The third-order valence-electron chi connectivity index (χ3n) is 4.66. The number of nitrogens with one attached hydrogen (secondary N) is 1. The Morgan fingerprint density at radius 3 is 2.53 bits per heavy atom. The van der Waals surface area contributed by atoms with E-state index in [1.165, 1.54) is 5.56 Å². The first-order valence-electron chi connectivity index (χ1n) is 10.5. The molecule has 0 fully saturated rings. The summed E-state index contributed by atoms with van der Waals surface area (Å²) in [6, 6.07) is 6.11. The number of rotatable bonds is 9. The summed E-state index contributed by atoms with van der Waals surface area (Å²) in [5.74, 6) is 2.21. The van der Waals surface area contributed by atoms with Gasteiger partial charge in [-0.2, -0.15) is 5.10 Å². The largest absolute Gasteiger partial charge is 0.300 e. The molecule has 2 rings (SSSR count). The van der Waals surface area contributed by atoms with Gasteiger partial charge < -0.3 is 0 Å². The van der Waals surface area contributed by atoms with Crippen LogP contribution in [0.3, 0.4) is 0 Å². The van der Waals surface area contributed by atoms with E-state index in [0.29, 0.717) is 30.4 Å².